The second-order valence-corrected chi connectivity index (χ2v) is 5.47. The lowest BCUT2D eigenvalue weighted by atomic mass is 10.3. The van der Waals surface area contributed by atoms with Crippen LogP contribution in [0.25, 0.3) is 0 Å². The van der Waals surface area contributed by atoms with Crippen LogP contribution in [0.4, 0.5) is 0 Å². The van der Waals surface area contributed by atoms with E-state index in [1.807, 2.05) is 0 Å². The van der Waals surface area contributed by atoms with Crippen molar-refractivity contribution in [2.45, 2.75) is 32.4 Å². The summed E-state index contributed by atoms with van der Waals surface area (Å²) in [6.07, 6.45) is -1.72. The van der Waals surface area contributed by atoms with E-state index in [0.29, 0.717) is 0 Å². The van der Waals surface area contributed by atoms with Gasteiger partial charge in [0, 0.05) is 19.6 Å². The molecular weight excluding hydrogens is 236 g/mol. The Morgan fingerprint density at radius 3 is 2.31 bits per heavy atom. The van der Waals surface area contributed by atoms with E-state index in [1.165, 1.54) is 7.05 Å². The summed E-state index contributed by atoms with van der Waals surface area (Å²) in [4.78, 5) is 10.3. The van der Waals surface area contributed by atoms with Crippen molar-refractivity contribution in [3.05, 3.63) is 0 Å². The summed E-state index contributed by atoms with van der Waals surface area (Å²) in [7, 11) is -2.18. The van der Waals surface area contributed by atoms with Crippen LogP contribution in [0.15, 0.2) is 0 Å². The smallest absolute Gasteiger partial charge is 0.332 e. The summed E-state index contributed by atoms with van der Waals surface area (Å²) in [5.41, 5.74) is 0. The Kier molecular flexibility index (Phi) is 5.87. The second-order valence-electron chi connectivity index (χ2n) is 3.65. The molecule has 0 aromatic carbocycles. The summed E-state index contributed by atoms with van der Waals surface area (Å²) in [5, 5.41) is 17.3. The fraction of sp³-hybridized carbons (Fsp3) is 0.875. The number of aliphatic hydroxyl groups is 1. The van der Waals surface area contributed by atoms with E-state index in [1.54, 1.807) is 13.8 Å². The third kappa shape index (κ3) is 4.88. The number of hydrogen-bond acceptors (Lipinski definition) is 4. The standard InChI is InChI=1S/C8H18N2O5S/c1-6(2)10(3)16(14,15)9-5-4-7(11)8(12)13/h6-7,9,11H,4-5H2,1-3H3,(H,12,13). The molecule has 0 spiro atoms. The van der Waals surface area contributed by atoms with Gasteiger partial charge < -0.3 is 10.2 Å². The Bertz CT molecular complexity index is 327. The fourth-order valence-corrected chi connectivity index (χ4v) is 1.96. The van der Waals surface area contributed by atoms with Crippen molar-refractivity contribution < 1.29 is 23.4 Å². The summed E-state index contributed by atoms with van der Waals surface area (Å²) in [6, 6.07) is -0.193. The van der Waals surface area contributed by atoms with Gasteiger partial charge in [0.1, 0.15) is 0 Å². The van der Waals surface area contributed by atoms with Gasteiger partial charge in [0.2, 0.25) is 0 Å². The minimum Gasteiger partial charge on any atom is -0.479 e. The van der Waals surface area contributed by atoms with Crippen molar-refractivity contribution in [3.8, 4) is 0 Å². The molecule has 8 heteroatoms. The van der Waals surface area contributed by atoms with Crippen LogP contribution in [-0.2, 0) is 15.0 Å². The normalized spacial score (nSPS) is 14.4. The molecule has 0 aromatic rings. The van der Waals surface area contributed by atoms with Crippen molar-refractivity contribution >= 4 is 16.2 Å². The van der Waals surface area contributed by atoms with E-state index in [4.69, 9.17) is 10.2 Å². The predicted molar refractivity (Wildman–Crippen MR) is 58.1 cm³/mol. The molecule has 16 heavy (non-hydrogen) atoms. The summed E-state index contributed by atoms with van der Waals surface area (Å²) >= 11 is 0. The van der Waals surface area contributed by atoms with Gasteiger partial charge in [-0.2, -0.15) is 12.7 Å². The Labute approximate surface area is 95.2 Å². The Balaban J connectivity index is 4.16. The zero-order valence-electron chi connectivity index (χ0n) is 9.54. The molecule has 0 saturated heterocycles. The first kappa shape index (κ1) is 15.3. The van der Waals surface area contributed by atoms with Crippen molar-refractivity contribution in [2.24, 2.45) is 0 Å². The quantitative estimate of drug-likeness (QED) is 0.540. The molecule has 0 aliphatic rings. The van der Waals surface area contributed by atoms with E-state index < -0.39 is 22.3 Å². The molecule has 0 radical (unpaired) electrons. The summed E-state index contributed by atoms with van der Waals surface area (Å²) in [5.74, 6) is -1.36. The van der Waals surface area contributed by atoms with Crippen LogP contribution in [0.3, 0.4) is 0 Å². The molecule has 0 fully saturated rings. The molecule has 1 atom stereocenters. The maximum Gasteiger partial charge on any atom is 0.332 e. The number of carboxylic acids is 1. The second kappa shape index (κ2) is 6.14. The van der Waals surface area contributed by atoms with E-state index in [-0.39, 0.29) is 19.0 Å². The van der Waals surface area contributed by atoms with Crippen LogP contribution >= 0.6 is 0 Å². The minimum absolute atomic E-state index is 0.118. The van der Waals surface area contributed by atoms with Crippen molar-refractivity contribution in [1.82, 2.24) is 9.03 Å². The number of nitrogens with zero attached hydrogens (tertiary/aromatic N) is 1. The molecule has 7 nitrogen and oxygen atoms in total. The summed E-state index contributed by atoms with van der Waals surface area (Å²) in [6.45, 7) is 3.31. The number of aliphatic carboxylic acids is 1. The van der Waals surface area contributed by atoms with Crippen LogP contribution in [0.1, 0.15) is 20.3 Å². The molecule has 0 bridgehead atoms. The third-order valence-corrected chi connectivity index (χ3v) is 3.84. The van der Waals surface area contributed by atoms with E-state index in [9.17, 15) is 13.2 Å². The van der Waals surface area contributed by atoms with Gasteiger partial charge in [-0.25, -0.2) is 9.52 Å². The largest absolute Gasteiger partial charge is 0.479 e. The molecule has 0 aliphatic heterocycles. The molecule has 96 valence electrons. The van der Waals surface area contributed by atoms with Gasteiger partial charge in [0.05, 0.1) is 0 Å². The van der Waals surface area contributed by atoms with E-state index >= 15 is 0 Å². The maximum absolute atomic E-state index is 11.5. The first-order chi connectivity index (χ1) is 7.18. The average molecular weight is 254 g/mol. The minimum atomic E-state index is -3.60. The maximum atomic E-state index is 11.5. The van der Waals surface area contributed by atoms with Gasteiger partial charge in [-0.3, -0.25) is 0 Å². The van der Waals surface area contributed by atoms with Crippen molar-refractivity contribution in [1.29, 1.82) is 0 Å². The number of hydrogen-bond donors (Lipinski definition) is 3. The first-order valence-corrected chi connectivity index (χ1v) is 6.26. The van der Waals surface area contributed by atoms with Crippen LogP contribution in [-0.4, -0.2) is 54.6 Å². The molecule has 0 rings (SSSR count). The predicted octanol–water partition coefficient (Wildman–Crippen LogP) is -1.00. The number of rotatable bonds is 7. The highest BCUT2D eigenvalue weighted by molar-refractivity contribution is 7.87. The monoisotopic (exact) mass is 254 g/mol. The molecule has 0 aliphatic carbocycles. The average Bonchev–Trinajstić information content (AvgIpc) is 2.15. The Hall–Kier alpha value is -0.700. The van der Waals surface area contributed by atoms with Gasteiger partial charge in [-0.15, -0.1) is 0 Å². The zero-order valence-corrected chi connectivity index (χ0v) is 10.4. The van der Waals surface area contributed by atoms with Crippen molar-refractivity contribution in [3.63, 3.8) is 0 Å². The molecule has 0 heterocycles. The third-order valence-electron chi connectivity index (χ3n) is 2.09. The van der Waals surface area contributed by atoms with Gasteiger partial charge in [-0.1, -0.05) is 0 Å². The zero-order chi connectivity index (χ0) is 12.9. The Morgan fingerprint density at radius 2 is 1.94 bits per heavy atom. The molecule has 3 N–H and O–H groups in total. The highest BCUT2D eigenvalue weighted by Crippen LogP contribution is 2.01. The molecular formula is C8H18N2O5S. The SMILES string of the molecule is CC(C)N(C)S(=O)(=O)NCCC(O)C(=O)O. The fourth-order valence-electron chi connectivity index (χ4n) is 0.827. The molecule has 1 unspecified atom stereocenters. The molecule has 0 amide bonds. The number of nitrogens with one attached hydrogen (secondary N) is 1. The van der Waals surface area contributed by atoms with Crippen LogP contribution in [0.5, 0.6) is 0 Å². The van der Waals surface area contributed by atoms with Crippen molar-refractivity contribution in [2.75, 3.05) is 13.6 Å². The molecule has 0 aromatic heterocycles. The Morgan fingerprint density at radius 1 is 1.44 bits per heavy atom. The van der Waals surface area contributed by atoms with Gasteiger partial charge >= 0.3 is 5.97 Å². The lowest BCUT2D eigenvalue weighted by molar-refractivity contribution is -0.146. The number of aliphatic hydroxyl groups excluding tert-OH is 1. The number of carboxylic acid groups (broad SMARTS) is 1. The van der Waals surface area contributed by atoms with Gasteiger partial charge in [0.15, 0.2) is 6.10 Å². The van der Waals surface area contributed by atoms with Gasteiger partial charge in [-0.05, 0) is 20.3 Å². The van der Waals surface area contributed by atoms with E-state index in [2.05, 4.69) is 4.72 Å². The first-order valence-electron chi connectivity index (χ1n) is 4.82. The lowest BCUT2D eigenvalue weighted by Crippen LogP contribution is -2.43. The number of carbonyl (C=O) groups is 1. The topological polar surface area (TPSA) is 107 Å². The van der Waals surface area contributed by atoms with Crippen LogP contribution in [0.2, 0.25) is 0 Å². The summed E-state index contributed by atoms with van der Waals surface area (Å²) < 4.78 is 26.3. The molecule has 0 saturated carbocycles. The highest BCUT2D eigenvalue weighted by atomic mass is 32.2. The van der Waals surface area contributed by atoms with E-state index in [0.717, 1.165) is 4.31 Å². The van der Waals surface area contributed by atoms with Gasteiger partial charge in [0.25, 0.3) is 10.2 Å². The highest BCUT2D eigenvalue weighted by Gasteiger charge is 2.20. The van der Waals surface area contributed by atoms with Crippen LogP contribution < -0.4 is 4.72 Å². The lowest BCUT2D eigenvalue weighted by Gasteiger charge is -2.21. The van der Waals surface area contributed by atoms with Crippen LogP contribution in [0, 0.1) is 0 Å².